The van der Waals surface area contributed by atoms with E-state index in [1.54, 1.807) is 37.3 Å². The zero-order valence-electron chi connectivity index (χ0n) is 8.25. The molecule has 80 valence electrons. The highest BCUT2D eigenvalue weighted by molar-refractivity contribution is 5.69. The lowest BCUT2D eigenvalue weighted by Crippen LogP contribution is -2.18. The molecule has 0 amide bonds. The van der Waals surface area contributed by atoms with Crippen LogP contribution in [-0.4, -0.2) is 10.9 Å². The van der Waals surface area contributed by atoms with E-state index in [2.05, 4.69) is 0 Å². The normalized spacial score (nSPS) is 11.8. The Morgan fingerprint density at radius 2 is 2.07 bits per heavy atom. The van der Waals surface area contributed by atoms with Gasteiger partial charge in [0.1, 0.15) is 0 Å². The Bertz CT molecular complexity index is 350. The molecule has 0 spiro atoms. The second-order valence-corrected chi connectivity index (χ2v) is 2.89. The third-order valence-electron chi connectivity index (χ3n) is 1.81. The third-order valence-corrected chi connectivity index (χ3v) is 1.81. The average molecular weight is 209 g/mol. The molecule has 0 heterocycles. The van der Waals surface area contributed by atoms with Crippen LogP contribution < -0.4 is 0 Å². The summed E-state index contributed by atoms with van der Waals surface area (Å²) < 4.78 is 4.71. The summed E-state index contributed by atoms with van der Waals surface area (Å²) in [6, 6.07) is 8.16. The molecule has 0 radical (unpaired) electrons. The molecule has 0 saturated carbocycles. The molecule has 0 aliphatic carbocycles. The summed E-state index contributed by atoms with van der Waals surface area (Å²) in [5, 5.41) is 10.7. The Morgan fingerprint density at radius 1 is 1.47 bits per heavy atom. The standard InChI is InChI=1S/C10H11NO4/c1-2-9(12)15-10(11(13)14)8-6-4-3-5-7-8/h3-7,10H,2H2,1H3. The van der Waals surface area contributed by atoms with Crippen molar-refractivity contribution in [2.75, 3.05) is 0 Å². The molecule has 0 bridgehead atoms. The number of ether oxygens (including phenoxy) is 1. The molecule has 0 saturated heterocycles. The average Bonchev–Trinajstić information content (AvgIpc) is 2.26. The third kappa shape index (κ3) is 3.05. The monoisotopic (exact) mass is 209 g/mol. The summed E-state index contributed by atoms with van der Waals surface area (Å²) in [7, 11) is 0. The van der Waals surface area contributed by atoms with E-state index in [1.165, 1.54) is 0 Å². The van der Waals surface area contributed by atoms with Gasteiger partial charge in [-0.25, -0.2) is 0 Å². The van der Waals surface area contributed by atoms with Crippen molar-refractivity contribution in [3.8, 4) is 0 Å². The topological polar surface area (TPSA) is 69.4 Å². The van der Waals surface area contributed by atoms with Crippen LogP contribution in [0.1, 0.15) is 25.1 Å². The maximum atomic E-state index is 11.0. The molecule has 0 fully saturated rings. The second kappa shape index (κ2) is 5.09. The molecule has 0 aliphatic heterocycles. The number of benzene rings is 1. The zero-order chi connectivity index (χ0) is 11.3. The van der Waals surface area contributed by atoms with E-state index in [0.29, 0.717) is 5.56 Å². The Hall–Kier alpha value is -1.91. The molecule has 1 unspecified atom stereocenters. The molecule has 1 aromatic rings. The SMILES string of the molecule is CCC(=O)OC(c1ccccc1)[N+](=O)[O-]. The van der Waals surface area contributed by atoms with Gasteiger partial charge in [0.15, 0.2) is 0 Å². The van der Waals surface area contributed by atoms with E-state index in [9.17, 15) is 14.9 Å². The van der Waals surface area contributed by atoms with Crippen LogP contribution in [0.4, 0.5) is 0 Å². The number of esters is 1. The van der Waals surface area contributed by atoms with Crippen LogP contribution in [0.15, 0.2) is 30.3 Å². The Morgan fingerprint density at radius 3 is 2.53 bits per heavy atom. The van der Waals surface area contributed by atoms with E-state index < -0.39 is 17.1 Å². The first-order valence-corrected chi connectivity index (χ1v) is 4.53. The molecule has 5 heteroatoms. The number of hydrogen-bond donors (Lipinski definition) is 0. The van der Waals surface area contributed by atoms with Gasteiger partial charge in [-0.2, -0.15) is 0 Å². The van der Waals surface area contributed by atoms with Gasteiger partial charge in [0.25, 0.3) is 0 Å². The number of nitro groups is 1. The summed E-state index contributed by atoms with van der Waals surface area (Å²) in [6.07, 6.45) is -1.28. The highest BCUT2D eigenvalue weighted by Crippen LogP contribution is 2.17. The first-order chi connectivity index (χ1) is 7.15. The minimum atomic E-state index is -1.40. The second-order valence-electron chi connectivity index (χ2n) is 2.89. The molecule has 1 atom stereocenters. The zero-order valence-corrected chi connectivity index (χ0v) is 8.25. The van der Waals surface area contributed by atoms with Gasteiger partial charge in [-0.05, 0) is 12.1 Å². The van der Waals surface area contributed by atoms with Crippen molar-refractivity contribution >= 4 is 5.97 Å². The summed E-state index contributed by atoms with van der Waals surface area (Å²) in [4.78, 5) is 21.0. The van der Waals surface area contributed by atoms with Crippen molar-refractivity contribution in [2.45, 2.75) is 19.6 Å². The first-order valence-electron chi connectivity index (χ1n) is 4.53. The molecule has 0 N–H and O–H groups in total. The van der Waals surface area contributed by atoms with E-state index in [-0.39, 0.29) is 6.42 Å². The fourth-order valence-corrected chi connectivity index (χ4v) is 1.06. The predicted octanol–water partition coefficient (Wildman–Crippen LogP) is 1.92. The smallest absolute Gasteiger partial charge is 0.382 e. The summed E-state index contributed by atoms with van der Waals surface area (Å²) in [5.74, 6) is -0.583. The van der Waals surface area contributed by atoms with Gasteiger partial charge < -0.3 is 4.74 Å². The van der Waals surface area contributed by atoms with Gasteiger partial charge in [-0.15, -0.1) is 0 Å². The number of carbonyl (C=O) groups excluding carboxylic acids is 1. The highest BCUT2D eigenvalue weighted by atomic mass is 16.7. The summed E-state index contributed by atoms with van der Waals surface area (Å²) >= 11 is 0. The van der Waals surface area contributed by atoms with Gasteiger partial charge in [0.2, 0.25) is 0 Å². The molecule has 15 heavy (non-hydrogen) atoms. The Labute approximate surface area is 86.8 Å². The van der Waals surface area contributed by atoms with Gasteiger partial charge >= 0.3 is 12.2 Å². The van der Waals surface area contributed by atoms with E-state index >= 15 is 0 Å². The number of carbonyl (C=O) groups is 1. The van der Waals surface area contributed by atoms with Gasteiger partial charge in [0.05, 0.1) is 10.5 Å². The van der Waals surface area contributed by atoms with Crippen LogP contribution in [0.3, 0.4) is 0 Å². The van der Waals surface area contributed by atoms with Crippen LogP contribution >= 0.6 is 0 Å². The molecular weight excluding hydrogens is 198 g/mol. The number of nitrogens with zero attached hydrogens (tertiary/aromatic N) is 1. The molecular formula is C10H11NO4. The number of hydrogen-bond acceptors (Lipinski definition) is 4. The lowest BCUT2D eigenvalue weighted by Gasteiger charge is -2.09. The van der Waals surface area contributed by atoms with Crippen LogP contribution in [-0.2, 0) is 9.53 Å². The lowest BCUT2D eigenvalue weighted by atomic mass is 10.2. The first kappa shape index (κ1) is 11.2. The molecule has 1 rings (SSSR count). The Balaban J connectivity index is 2.84. The molecule has 0 aromatic heterocycles. The molecule has 1 aromatic carbocycles. The fourth-order valence-electron chi connectivity index (χ4n) is 1.06. The van der Waals surface area contributed by atoms with Crippen molar-refractivity contribution in [3.63, 3.8) is 0 Å². The summed E-state index contributed by atoms with van der Waals surface area (Å²) in [6.45, 7) is 1.59. The van der Waals surface area contributed by atoms with E-state index in [1.807, 2.05) is 0 Å². The van der Waals surface area contributed by atoms with Crippen LogP contribution in [0.2, 0.25) is 0 Å². The largest absolute Gasteiger partial charge is 0.394 e. The van der Waals surface area contributed by atoms with Crippen molar-refractivity contribution < 1.29 is 14.5 Å². The summed E-state index contributed by atoms with van der Waals surface area (Å²) in [5.41, 5.74) is 0.365. The van der Waals surface area contributed by atoms with E-state index in [4.69, 9.17) is 4.74 Å². The predicted molar refractivity (Wildman–Crippen MR) is 52.6 cm³/mol. The van der Waals surface area contributed by atoms with Gasteiger partial charge in [-0.1, -0.05) is 25.1 Å². The Kier molecular flexibility index (Phi) is 3.79. The van der Waals surface area contributed by atoms with Crippen LogP contribution in [0, 0.1) is 10.1 Å². The van der Waals surface area contributed by atoms with Crippen molar-refractivity contribution in [2.24, 2.45) is 0 Å². The van der Waals surface area contributed by atoms with Crippen molar-refractivity contribution in [1.82, 2.24) is 0 Å². The maximum Gasteiger partial charge on any atom is 0.382 e. The molecule has 5 nitrogen and oxygen atoms in total. The van der Waals surface area contributed by atoms with E-state index in [0.717, 1.165) is 0 Å². The van der Waals surface area contributed by atoms with Crippen LogP contribution in [0.25, 0.3) is 0 Å². The number of rotatable bonds is 4. The van der Waals surface area contributed by atoms with Crippen molar-refractivity contribution in [1.29, 1.82) is 0 Å². The van der Waals surface area contributed by atoms with Crippen molar-refractivity contribution in [3.05, 3.63) is 46.0 Å². The highest BCUT2D eigenvalue weighted by Gasteiger charge is 2.25. The van der Waals surface area contributed by atoms with Gasteiger partial charge in [0, 0.05) is 6.42 Å². The maximum absolute atomic E-state index is 11.0. The molecule has 0 aliphatic rings. The minimum absolute atomic E-state index is 0.122. The fraction of sp³-hybridized carbons (Fsp3) is 0.300. The lowest BCUT2D eigenvalue weighted by molar-refractivity contribution is -0.576. The minimum Gasteiger partial charge on any atom is -0.394 e. The van der Waals surface area contributed by atoms with Crippen LogP contribution in [0.5, 0.6) is 0 Å². The quantitative estimate of drug-likeness (QED) is 0.328. The van der Waals surface area contributed by atoms with Gasteiger partial charge in [-0.3, -0.25) is 14.9 Å².